The van der Waals surface area contributed by atoms with E-state index in [4.69, 9.17) is 27.9 Å². The number of ether oxygens (including phenoxy) is 1. The second-order valence-corrected chi connectivity index (χ2v) is 6.85. The molecule has 0 radical (unpaired) electrons. The summed E-state index contributed by atoms with van der Waals surface area (Å²) in [6.07, 6.45) is 6.68. The van der Waals surface area contributed by atoms with Gasteiger partial charge in [0.1, 0.15) is 12.4 Å². The third-order valence-corrected chi connectivity index (χ3v) is 4.55. The van der Waals surface area contributed by atoms with Crippen molar-refractivity contribution in [3.8, 4) is 5.75 Å². The van der Waals surface area contributed by atoms with E-state index in [1.54, 1.807) is 12.3 Å². The lowest BCUT2D eigenvalue weighted by molar-refractivity contribution is 0.306. The van der Waals surface area contributed by atoms with E-state index in [0.29, 0.717) is 16.7 Å². The number of rotatable bonds is 9. The van der Waals surface area contributed by atoms with Crippen molar-refractivity contribution >= 4 is 35.6 Å². The molecule has 27 heavy (non-hydrogen) atoms. The monoisotopic (exact) mass is 425 g/mol. The van der Waals surface area contributed by atoms with Crippen LogP contribution in [0, 0.1) is 0 Å². The van der Waals surface area contributed by atoms with Crippen molar-refractivity contribution in [2.45, 2.75) is 26.1 Å². The quantitative estimate of drug-likeness (QED) is 0.467. The van der Waals surface area contributed by atoms with Crippen LogP contribution in [0.5, 0.6) is 5.75 Å². The first-order valence-corrected chi connectivity index (χ1v) is 9.28. The van der Waals surface area contributed by atoms with Gasteiger partial charge in [0.25, 0.3) is 0 Å². The Morgan fingerprint density at radius 3 is 2.78 bits per heavy atom. The molecule has 0 saturated carbocycles. The number of hydrogen-bond acceptors (Lipinski definition) is 3. The minimum Gasteiger partial charge on any atom is -0.489 e. The number of hydrogen-bond donors (Lipinski definition) is 1. The molecule has 3 rings (SSSR count). The van der Waals surface area contributed by atoms with E-state index in [0.717, 1.165) is 37.4 Å². The molecule has 3 aromatic rings. The zero-order chi connectivity index (χ0) is 18.2. The van der Waals surface area contributed by atoms with Crippen molar-refractivity contribution in [2.75, 3.05) is 6.54 Å². The first-order chi connectivity index (χ1) is 12.7. The molecule has 1 heterocycles. The highest BCUT2D eigenvalue weighted by Crippen LogP contribution is 2.23. The van der Waals surface area contributed by atoms with Gasteiger partial charge in [0.05, 0.1) is 6.33 Å². The molecule has 0 unspecified atom stereocenters. The van der Waals surface area contributed by atoms with Crippen LogP contribution < -0.4 is 10.1 Å². The summed E-state index contributed by atoms with van der Waals surface area (Å²) >= 11 is 12.1. The zero-order valence-electron chi connectivity index (χ0n) is 14.8. The molecule has 2 aromatic carbocycles. The third kappa shape index (κ3) is 7.07. The second kappa shape index (κ2) is 11.2. The molecule has 0 saturated heterocycles. The van der Waals surface area contributed by atoms with E-state index < -0.39 is 0 Å². The zero-order valence-corrected chi connectivity index (χ0v) is 17.1. The average molecular weight is 427 g/mol. The van der Waals surface area contributed by atoms with E-state index >= 15 is 0 Å². The minimum absolute atomic E-state index is 0. The first kappa shape index (κ1) is 21.6. The minimum atomic E-state index is 0. The van der Waals surface area contributed by atoms with Crippen LogP contribution in [0.15, 0.2) is 61.2 Å². The highest BCUT2D eigenvalue weighted by Gasteiger charge is 2.03. The molecule has 0 aliphatic heterocycles. The predicted molar refractivity (Wildman–Crippen MR) is 113 cm³/mol. The van der Waals surface area contributed by atoms with Gasteiger partial charge < -0.3 is 14.6 Å². The lowest BCUT2D eigenvalue weighted by Gasteiger charge is -2.10. The summed E-state index contributed by atoms with van der Waals surface area (Å²) in [6, 6.07) is 13.5. The van der Waals surface area contributed by atoms with Gasteiger partial charge in [-0.3, -0.25) is 0 Å². The summed E-state index contributed by atoms with van der Waals surface area (Å²) in [4.78, 5) is 4.04. The summed E-state index contributed by atoms with van der Waals surface area (Å²) in [5, 5.41) is 4.70. The Morgan fingerprint density at radius 1 is 1.11 bits per heavy atom. The SMILES string of the molecule is Cl.Clc1ccc(COc2cccc(CNCCCn3ccnc3)c2)c(Cl)c1. The van der Waals surface area contributed by atoms with Crippen molar-refractivity contribution in [1.29, 1.82) is 0 Å². The van der Waals surface area contributed by atoms with Crippen molar-refractivity contribution in [3.05, 3.63) is 82.4 Å². The van der Waals surface area contributed by atoms with Crippen LogP contribution in [0.4, 0.5) is 0 Å². The van der Waals surface area contributed by atoms with Crippen molar-refractivity contribution in [1.82, 2.24) is 14.9 Å². The van der Waals surface area contributed by atoms with Crippen LogP contribution in [-0.4, -0.2) is 16.1 Å². The second-order valence-electron chi connectivity index (χ2n) is 6.00. The van der Waals surface area contributed by atoms with Gasteiger partial charge in [-0.05, 0) is 42.8 Å². The van der Waals surface area contributed by atoms with Crippen LogP contribution in [0.25, 0.3) is 0 Å². The molecule has 0 bridgehead atoms. The van der Waals surface area contributed by atoms with Gasteiger partial charge in [-0.1, -0.05) is 41.4 Å². The van der Waals surface area contributed by atoms with E-state index in [1.807, 2.05) is 42.9 Å². The number of aromatic nitrogens is 2. The topological polar surface area (TPSA) is 39.1 Å². The van der Waals surface area contributed by atoms with Gasteiger partial charge in [0, 0.05) is 41.1 Å². The summed E-state index contributed by atoms with van der Waals surface area (Å²) in [5.74, 6) is 0.828. The van der Waals surface area contributed by atoms with E-state index in [2.05, 4.69) is 20.9 Å². The molecule has 0 spiro atoms. The molecule has 0 amide bonds. The lowest BCUT2D eigenvalue weighted by atomic mass is 10.2. The van der Waals surface area contributed by atoms with E-state index in [1.165, 1.54) is 5.56 Å². The molecule has 1 aromatic heterocycles. The molecular formula is C20H22Cl3N3O. The molecule has 144 valence electrons. The smallest absolute Gasteiger partial charge is 0.120 e. The summed E-state index contributed by atoms with van der Waals surface area (Å²) < 4.78 is 7.95. The Hall–Kier alpha value is -1.72. The fourth-order valence-corrected chi connectivity index (χ4v) is 3.05. The van der Waals surface area contributed by atoms with Crippen molar-refractivity contribution < 1.29 is 4.74 Å². The van der Waals surface area contributed by atoms with Gasteiger partial charge in [-0.25, -0.2) is 4.98 Å². The number of benzene rings is 2. The van der Waals surface area contributed by atoms with Crippen molar-refractivity contribution in [3.63, 3.8) is 0 Å². The maximum Gasteiger partial charge on any atom is 0.120 e. The molecule has 0 fully saturated rings. The molecule has 0 aliphatic carbocycles. The molecule has 4 nitrogen and oxygen atoms in total. The fourth-order valence-electron chi connectivity index (χ4n) is 2.58. The molecular weight excluding hydrogens is 405 g/mol. The molecule has 0 atom stereocenters. The Labute approximate surface area is 175 Å². The number of aryl methyl sites for hydroxylation is 1. The molecule has 1 N–H and O–H groups in total. The maximum absolute atomic E-state index is 6.18. The third-order valence-electron chi connectivity index (χ3n) is 3.97. The van der Waals surface area contributed by atoms with Gasteiger partial charge in [0.2, 0.25) is 0 Å². The van der Waals surface area contributed by atoms with Gasteiger partial charge in [-0.2, -0.15) is 0 Å². The highest BCUT2D eigenvalue weighted by atomic mass is 35.5. The van der Waals surface area contributed by atoms with E-state index in [9.17, 15) is 0 Å². The van der Waals surface area contributed by atoms with Gasteiger partial charge >= 0.3 is 0 Å². The largest absolute Gasteiger partial charge is 0.489 e. The van der Waals surface area contributed by atoms with Gasteiger partial charge in [0.15, 0.2) is 0 Å². The van der Waals surface area contributed by atoms with Gasteiger partial charge in [-0.15, -0.1) is 12.4 Å². The normalized spacial score (nSPS) is 10.4. The summed E-state index contributed by atoms with van der Waals surface area (Å²) in [7, 11) is 0. The Bertz CT molecular complexity index is 825. The van der Waals surface area contributed by atoms with Crippen LogP contribution in [-0.2, 0) is 19.7 Å². The van der Waals surface area contributed by atoms with Crippen molar-refractivity contribution in [2.24, 2.45) is 0 Å². The first-order valence-electron chi connectivity index (χ1n) is 8.53. The molecule has 7 heteroatoms. The summed E-state index contributed by atoms with van der Waals surface area (Å²) in [5.41, 5.74) is 2.10. The Balaban J connectivity index is 0.00000261. The van der Waals surface area contributed by atoms with Crippen LogP contribution in [0.2, 0.25) is 10.0 Å². The molecule has 0 aliphatic rings. The van der Waals surface area contributed by atoms with Crippen LogP contribution >= 0.6 is 35.6 Å². The number of nitrogens with zero attached hydrogens (tertiary/aromatic N) is 2. The highest BCUT2D eigenvalue weighted by molar-refractivity contribution is 6.35. The number of halogens is 3. The predicted octanol–water partition coefficient (Wildman–Crippen LogP) is 5.37. The van der Waals surface area contributed by atoms with Crippen LogP contribution in [0.1, 0.15) is 17.5 Å². The van der Waals surface area contributed by atoms with E-state index in [-0.39, 0.29) is 12.4 Å². The summed E-state index contributed by atoms with van der Waals surface area (Å²) in [6.45, 7) is 3.14. The number of imidazole rings is 1. The Morgan fingerprint density at radius 2 is 2.00 bits per heavy atom. The lowest BCUT2D eigenvalue weighted by Crippen LogP contribution is -2.16. The number of nitrogens with one attached hydrogen (secondary N) is 1. The van der Waals surface area contributed by atoms with Crippen LogP contribution in [0.3, 0.4) is 0 Å². The Kier molecular flexibility index (Phi) is 8.95. The maximum atomic E-state index is 6.18. The standard InChI is InChI=1S/C20H21Cl2N3O.ClH/c21-18-6-5-17(20(22)12-18)14-26-19-4-1-3-16(11-19)13-23-7-2-9-25-10-8-24-15-25;/h1,3-6,8,10-12,15,23H,2,7,9,13-14H2;1H. The average Bonchev–Trinajstić information content (AvgIpc) is 3.14. The fraction of sp³-hybridized carbons (Fsp3) is 0.250.